The average Bonchev–Trinajstić information content (AvgIpc) is 2.15. The maximum absolute atomic E-state index is 3.78. The van der Waals surface area contributed by atoms with Gasteiger partial charge in [0.05, 0.1) is 0 Å². The van der Waals surface area contributed by atoms with Gasteiger partial charge in [-0.3, -0.25) is 5.10 Å². The van der Waals surface area contributed by atoms with Gasteiger partial charge in [-0.25, -0.2) is 4.98 Å². The number of H-pyrrole nitrogens is 2. The van der Waals surface area contributed by atoms with E-state index in [1.165, 1.54) is 0 Å². The average molecular weight is 107 g/mol. The maximum Gasteiger partial charge on any atom is 0.199 e. The summed E-state index contributed by atoms with van der Waals surface area (Å²) < 4.78 is 0. The highest BCUT2D eigenvalue weighted by molar-refractivity contribution is 5.67. The zero-order valence-electron chi connectivity index (χ0n) is 3.97. The molecular weight excluding hydrogens is 104 g/mol. The van der Waals surface area contributed by atoms with E-state index in [2.05, 4.69) is 26.5 Å². The van der Waals surface area contributed by atoms with E-state index in [-0.39, 0.29) is 0 Å². The van der Waals surface area contributed by atoms with Crippen LogP contribution in [0.1, 0.15) is 0 Å². The van der Waals surface area contributed by atoms with Crippen molar-refractivity contribution in [2.75, 3.05) is 0 Å². The topological polar surface area (TPSA) is 57.4 Å². The van der Waals surface area contributed by atoms with E-state index in [9.17, 15) is 0 Å². The Morgan fingerprint density at radius 3 is 3.50 bits per heavy atom. The van der Waals surface area contributed by atoms with Crippen LogP contribution >= 0.6 is 0 Å². The van der Waals surface area contributed by atoms with Crippen LogP contribution in [0.5, 0.6) is 0 Å². The number of hydrogen-bond acceptors (Lipinski definition) is 2. The Hall–Kier alpha value is -1.32. The van der Waals surface area contributed by atoms with Crippen LogP contribution in [-0.4, -0.2) is 20.2 Å². The maximum atomic E-state index is 3.78. The number of rotatable bonds is 0. The third kappa shape index (κ3) is 0.294. The molecule has 0 aliphatic carbocycles. The number of imidazole rings is 1. The first-order valence-electron chi connectivity index (χ1n) is 2.22. The zero-order chi connectivity index (χ0) is 5.40. The van der Waals surface area contributed by atoms with Crippen molar-refractivity contribution in [1.82, 2.24) is 20.2 Å². The molecule has 4 nitrogen and oxygen atoms in total. The lowest BCUT2D eigenvalue weighted by molar-refractivity contribution is 1.09. The van der Waals surface area contributed by atoms with E-state index in [0.717, 1.165) is 5.52 Å². The van der Waals surface area contributed by atoms with Gasteiger partial charge in [0.15, 0.2) is 12.0 Å². The largest absolute Gasteiger partial charge is 0.333 e. The van der Waals surface area contributed by atoms with E-state index in [0.29, 0.717) is 5.65 Å². The van der Waals surface area contributed by atoms with Gasteiger partial charge in [-0.05, 0) is 0 Å². The summed E-state index contributed by atoms with van der Waals surface area (Å²) in [6, 6.07) is 0. The SMILES string of the molecule is [c]1nc2n[nH]cc2[nH]1. The monoisotopic (exact) mass is 107 g/mol. The van der Waals surface area contributed by atoms with Gasteiger partial charge in [-0.15, -0.1) is 0 Å². The van der Waals surface area contributed by atoms with Gasteiger partial charge in [0.2, 0.25) is 0 Å². The molecule has 2 aromatic rings. The summed E-state index contributed by atoms with van der Waals surface area (Å²) in [6.45, 7) is 0. The van der Waals surface area contributed by atoms with E-state index in [1.807, 2.05) is 0 Å². The summed E-state index contributed by atoms with van der Waals surface area (Å²) in [5.74, 6) is 0. The van der Waals surface area contributed by atoms with Crippen molar-refractivity contribution in [1.29, 1.82) is 0 Å². The predicted octanol–water partition coefficient (Wildman–Crippen LogP) is 0.0862. The Bertz CT molecular complexity index is 229. The molecule has 0 bridgehead atoms. The number of hydrogen-bond donors (Lipinski definition) is 2. The lowest BCUT2D eigenvalue weighted by Crippen LogP contribution is -1.64. The molecule has 0 aliphatic rings. The number of nitrogens with one attached hydrogen (secondary N) is 2. The second-order valence-corrected chi connectivity index (χ2v) is 1.47. The summed E-state index contributed by atoms with van der Waals surface area (Å²) in [4.78, 5) is 6.53. The molecule has 4 heteroatoms. The number of aromatic amines is 2. The van der Waals surface area contributed by atoms with Gasteiger partial charge in [0, 0.05) is 6.20 Å². The third-order valence-corrected chi connectivity index (χ3v) is 0.973. The molecule has 2 N–H and O–H groups in total. The molecular formula is C4H3N4. The fourth-order valence-corrected chi connectivity index (χ4v) is 0.601. The Balaban J connectivity index is 3.06. The quantitative estimate of drug-likeness (QED) is 0.501. The first-order chi connectivity index (χ1) is 3.97. The molecule has 8 heavy (non-hydrogen) atoms. The number of fused-ring (bicyclic) bond motifs is 1. The van der Waals surface area contributed by atoms with Gasteiger partial charge >= 0.3 is 0 Å². The van der Waals surface area contributed by atoms with E-state index in [1.54, 1.807) is 6.20 Å². The van der Waals surface area contributed by atoms with Crippen LogP contribution in [-0.2, 0) is 0 Å². The standard InChI is InChI=1S/C4H3N4/c1-3-4(8-7-1)6-2-5-3/h1H,(H2,5,6,7,8). The molecule has 0 atom stereocenters. The minimum absolute atomic E-state index is 0.685. The first kappa shape index (κ1) is 3.65. The Kier molecular flexibility index (Phi) is 0.498. The van der Waals surface area contributed by atoms with E-state index >= 15 is 0 Å². The molecule has 0 spiro atoms. The minimum atomic E-state index is 0.685. The Labute approximate surface area is 44.9 Å². The second-order valence-electron chi connectivity index (χ2n) is 1.47. The third-order valence-electron chi connectivity index (χ3n) is 0.973. The molecule has 39 valence electrons. The van der Waals surface area contributed by atoms with E-state index in [4.69, 9.17) is 0 Å². The lowest BCUT2D eigenvalue weighted by atomic mass is 10.6. The summed E-state index contributed by atoms with van der Waals surface area (Å²) in [5, 5.41) is 6.43. The molecule has 0 aliphatic heterocycles. The van der Waals surface area contributed by atoms with E-state index < -0.39 is 0 Å². The first-order valence-corrected chi connectivity index (χ1v) is 2.22. The summed E-state index contributed by atoms with van der Waals surface area (Å²) >= 11 is 0. The van der Waals surface area contributed by atoms with Crippen LogP contribution in [0, 0.1) is 6.33 Å². The predicted molar refractivity (Wildman–Crippen MR) is 27.1 cm³/mol. The van der Waals surface area contributed by atoms with Crippen LogP contribution < -0.4 is 0 Å². The van der Waals surface area contributed by atoms with Crippen molar-refractivity contribution >= 4 is 11.2 Å². The molecule has 0 saturated carbocycles. The second kappa shape index (κ2) is 1.09. The molecule has 2 aromatic heterocycles. The molecule has 0 fully saturated rings. The van der Waals surface area contributed by atoms with Crippen molar-refractivity contribution in [2.45, 2.75) is 0 Å². The fraction of sp³-hybridized carbons (Fsp3) is 0. The van der Waals surface area contributed by atoms with Crippen LogP contribution in [0.15, 0.2) is 6.20 Å². The molecule has 2 rings (SSSR count). The highest BCUT2D eigenvalue weighted by Crippen LogP contribution is 1.99. The Morgan fingerprint density at radius 2 is 2.62 bits per heavy atom. The van der Waals surface area contributed by atoms with Gasteiger partial charge < -0.3 is 4.98 Å². The van der Waals surface area contributed by atoms with Crippen molar-refractivity contribution in [3.05, 3.63) is 12.5 Å². The molecule has 0 saturated heterocycles. The van der Waals surface area contributed by atoms with Crippen molar-refractivity contribution in [2.24, 2.45) is 0 Å². The zero-order valence-corrected chi connectivity index (χ0v) is 3.97. The van der Waals surface area contributed by atoms with Gasteiger partial charge in [-0.2, -0.15) is 5.10 Å². The van der Waals surface area contributed by atoms with Crippen LogP contribution in [0.2, 0.25) is 0 Å². The number of aromatic nitrogens is 4. The van der Waals surface area contributed by atoms with Gasteiger partial charge in [-0.1, -0.05) is 0 Å². The van der Waals surface area contributed by atoms with Gasteiger partial charge in [0.1, 0.15) is 5.52 Å². The van der Waals surface area contributed by atoms with Crippen molar-refractivity contribution in [3.8, 4) is 0 Å². The molecule has 0 unspecified atom stereocenters. The minimum Gasteiger partial charge on any atom is -0.333 e. The molecule has 1 radical (unpaired) electrons. The van der Waals surface area contributed by atoms with Crippen LogP contribution in [0.4, 0.5) is 0 Å². The lowest BCUT2D eigenvalue weighted by Gasteiger charge is -1.60. The van der Waals surface area contributed by atoms with Gasteiger partial charge in [0.25, 0.3) is 0 Å². The van der Waals surface area contributed by atoms with Crippen LogP contribution in [0.3, 0.4) is 0 Å². The summed E-state index contributed by atoms with van der Waals surface area (Å²) in [6.07, 6.45) is 4.30. The molecule has 0 amide bonds. The highest BCUT2D eigenvalue weighted by atomic mass is 15.2. The smallest absolute Gasteiger partial charge is 0.199 e. The fourth-order valence-electron chi connectivity index (χ4n) is 0.601. The van der Waals surface area contributed by atoms with Crippen LogP contribution in [0.25, 0.3) is 11.2 Å². The molecule has 2 heterocycles. The molecule has 0 aromatic carbocycles. The summed E-state index contributed by atoms with van der Waals surface area (Å²) in [5.41, 5.74) is 1.58. The van der Waals surface area contributed by atoms with Crippen molar-refractivity contribution in [3.63, 3.8) is 0 Å². The Morgan fingerprint density at radius 1 is 1.62 bits per heavy atom. The highest BCUT2D eigenvalue weighted by Gasteiger charge is 1.93. The normalized spacial score (nSPS) is 10.5. The number of nitrogens with zero attached hydrogens (tertiary/aromatic N) is 2. The summed E-state index contributed by atoms with van der Waals surface area (Å²) in [7, 11) is 0. The van der Waals surface area contributed by atoms with Crippen molar-refractivity contribution < 1.29 is 0 Å².